The number of halogens is 1. The van der Waals surface area contributed by atoms with Gasteiger partial charge >= 0.3 is 0 Å². The highest BCUT2D eigenvalue weighted by Gasteiger charge is 2.57. The lowest BCUT2D eigenvalue weighted by Gasteiger charge is -2.61. The lowest BCUT2D eigenvalue weighted by Crippen LogP contribution is -2.68. The molecule has 3 aliphatic carbocycles. The summed E-state index contributed by atoms with van der Waals surface area (Å²) in [5, 5.41) is 11.1. The zero-order valence-electron chi connectivity index (χ0n) is 23.5. The zero-order valence-corrected chi connectivity index (χ0v) is 25.1. The fourth-order valence-electron chi connectivity index (χ4n) is 5.43. The van der Waals surface area contributed by atoms with Gasteiger partial charge in [0.2, 0.25) is 17.7 Å². The number of para-hydroxylation sites is 1. The largest absolute Gasteiger partial charge is 0.454 e. The van der Waals surface area contributed by atoms with Crippen LogP contribution in [0.4, 0.5) is 11.4 Å². The molecule has 0 aliphatic heterocycles. The molecule has 43 heavy (non-hydrogen) atoms. The molecule has 0 spiro atoms. The highest BCUT2D eigenvalue weighted by Crippen LogP contribution is 2.56. The number of carbonyl (C=O) groups is 4. The van der Waals surface area contributed by atoms with Crippen LogP contribution in [0.25, 0.3) is 0 Å². The Morgan fingerprint density at radius 3 is 2.49 bits per heavy atom. The normalized spacial score (nSPS) is 19.1. The van der Waals surface area contributed by atoms with E-state index in [1.54, 1.807) is 43.3 Å². The monoisotopic (exact) mass is 649 g/mol. The molecular weight excluding hydrogens is 618 g/mol. The maximum absolute atomic E-state index is 13.4. The Balaban J connectivity index is 1.24. The minimum absolute atomic E-state index is 0.0231. The van der Waals surface area contributed by atoms with Crippen molar-refractivity contribution in [3.05, 3.63) is 93.2 Å². The van der Waals surface area contributed by atoms with Crippen LogP contribution in [0.1, 0.15) is 48.2 Å². The Morgan fingerprint density at radius 2 is 1.84 bits per heavy atom. The van der Waals surface area contributed by atoms with E-state index in [4.69, 9.17) is 4.42 Å². The Hall–Kier alpha value is -4.45. The van der Waals surface area contributed by atoms with Crippen molar-refractivity contribution in [3.8, 4) is 0 Å². The second kappa shape index (κ2) is 12.8. The summed E-state index contributed by atoms with van der Waals surface area (Å²) in [5.41, 5.74) is 0.223. The predicted octanol–water partition coefficient (Wildman–Crippen LogP) is 3.89. The quantitative estimate of drug-likeness (QED) is 0.219. The third kappa shape index (κ3) is 7.31. The van der Waals surface area contributed by atoms with Crippen LogP contribution in [0, 0.1) is 12.8 Å². The Labute approximate surface area is 256 Å². The molecule has 0 unspecified atom stereocenters. The van der Waals surface area contributed by atoms with Crippen LogP contribution in [-0.2, 0) is 20.9 Å². The van der Waals surface area contributed by atoms with E-state index in [1.807, 2.05) is 6.07 Å². The molecule has 0 radical (unpaired) electrons. The van der Waals surface area contributed by atoms with Crippen LogP contribution >= 0.6 is 15.9 Å². The SMILES string of the molecule is Cc1oc(Br)cc1C(=O)N[C@@H](CC/C=C/C(=O)Nc1ccccc1)C(=O)Nc1cccn(CC(=O)NC23CC(C2)C3)c1=O. The summed E-state index contributed by atoms with van der Waals surface area (Å²) >= 11 is 3.20. The first-order valence-electron chi connectivity index (χ1n) is 14.0. The average molecular weight is 651 g/mol. The van der Waals surface area contributed by atoms with Gasteiger partial charge in [0, 0.05) is 23.5 Å². The third-order valence-corrected chi connectivity index (χ3v) is 8.11. The van der Waals surface area contributed by atoms with E-state index < -0.39 is 23.4 Å². The van der Waals surface area contributed by atoms with Gasteiger partial charge in [-0.2, -0.15) is 0 Å². The topological polar surface area (TPSA) is 152 Å². The number of hydrogen-bond donors (Lipinski definition) is 4. The molecule has 3 aliphatic rings. The summed E-state index contributed by atoms with van der Waals surface area (Å²) in [6, 6.07) is 12.4. The van der Waals surface area contributed by atoms with Crippen molar-refractivity contribution in [2.45, 2.75) is 57.2 Å². The van der Waals surface area contributed by atoms with Crippen LogP contribution < -0.4 is 26.8 Å². The van der Waals surface area contributed by atoms with E-state index >= 15 is 0 Å². The Morgan fingerprint density at radius 1 is 1.09 bits per heavy atom. The van der Waals surface area contributed by atoms with Gasteiger partial charge in [-0.3, -0.25) is 24.0 Å². The van der Waals surface area contributed by atoms with E-state index in [0.717, 1.165) is 19.3 Å². The summed E-state index contributed by atoms with van der Waals surface area (Å²) in [6.45, 7) is 1.46. The van der Waals surface area contributed by atoms with Crippen molar-refractivity contribution in [1.82, 2.24) is 15.2 Å². The van der Waals surface area contributed by atoms with Crippen molar-refractivity contribution >= 4 is 50.9 Å². The van der Waals surface area contributed by atoms with Gasteiger partial charge < -0.3 is 30.3 Å². The highest BCUT2D eigenvalue weighted by atomic mass is 79.9. The first kappa shape index (κ1) is 30.0. The van der Waals surface area contributed by atoms with Crippen molar-refractivity contribution in [2.24, 2.45) is 5.92 Å². The summed E-state index contributed by atoms with van der Waals surface area (Å²) in [6.07, 6.45) is 7.81. The molecule has 4 amide bonds. The standard InChI is InChI=1S/C31H32BrN5O6/c1-19-22(14-25(32)43-19)28(40)34-23(10-5-6-12-26(38)33-21-8-3-2-4-9-21)29(41)35-24-11-7-13-37(30(24)42)18-27(39)36-31-15-20(16-31)17-31/h2-4,6-9,11-14,20,23H,5,10,15-18H2,1H3,(H,33,38)(H,34,40)(H,35,41)(H,36,39)/b12-6+/t20?,23-,31?/m0/s1. The number of aryl methyl sites for hydroxylation is 1. The first-order chi connectivity index (χ1) is 20.6. The number of rotatable bonds is 12. The number of furan rings is 1. The molecule has 0 saturated heterocycles. The van der Waals surface area contributed by atoms with E-state index in [9.17, 15) is 24.0 Å². The van der Waals surface area contributed by atoms with Gasteiger partial charge in [0.1, 0.15) is 24.0 Å². The van der Waals surface area contributed by atoms with Gasteiger partial charge in [-0.05, 0) is 91.2 Å². The summed E-state index contributed by atoms with van der Waals surface area (Å²) in [4.78, 5) is 64.3. The summed E-state index contributed by atoms with van der Waals surface area (Å²) < 4.78 is 6.98. The molecule has 224 valence electrons. The number of allylic oxidation sites excluding steroid dienone is 1. The van der Waals surface area contributed by atoms with Crippen molar-refractivity contribution in [1.29, 1.82) is 0 Å². The maximum atomic E-state index is 13.4. The van der Waals surface area contributed by atoms with Gasteiger partial charge in [-0.25, -0.2) is 0 Å². The highest BCUT2D eigenvalue weighted by molar-refractivity contribution is 9.10. The van der Waals surface area contributed by atoms with Crippen LogP contribution in [0.2, 0.25) is 0 Å². The van der Waals surface area contributed by atoms with Crippen molar-refractivity contribution in [2.75, 3.05) is 10.6 Å². The smallest absolute Gasteiger partial charge is 0.274 e. The summed E-state index contributed by atoms with van der Waals surface area (Å²) in [5.74, 6) is -0.672. The molecule has 1 atom stereocenters. The fourth-order valence-corrected chi connectivity index (χ4v) is 5.90. The Kier molecular flexibility index (Phi) is 8.95. The number of aromatic nitrogens is 1. The molecule has 4 N–H and O–H groups in total. The number of amides is 4. The molecule has 2 aromatic heterocycles. The molecule has 3 fully saturated rings. The van der Waals surface area contributed by atoms with Crippen molar-refractivity contribution in [3.63, 3.8) is 0 Å². The second-order valence-electron chi connectivity index (χ2n) is 11.0. The molecule has 1 aromatic carbocycles. The number of benzene rings is 1. The molecule has 6 rings (SSSR count). The first-order valence-corrected chi connectivity index (χ1v) is 14.8. The lowest BCUT2D eigenvalue weighted by molar-refractivity contribution is -0.133. The molecular formula is C31H32BrN5O6. The number of nitrogens with one attached hydrogen (secondary N) is 4. The van der Waals surface area contributed by atoms with Crippen LogP contribution in [0.15, 0.2) is 80.8 Å². The maximum Gasteiger partial charge on any atom is 0.274 e. The van der Waals surface area contributed by atoms with Gasteiger partial charge in [-0.1, -0.05) is 24.3 Å². The van der Waals surface area contributed by atoms with Gasteiger partial charge in [0.15, 0.2) is 4.67 Å². The summed E-state index contributed by atoms with van der Waals surface area (Å²) in [7, 11) is 0. The molecule has 2 heterocycles. The van der Waals surface area contributed by atoms with Crippen molar-refractivity contribution < 1.29 is 23.6 Å². The molecule has 2 bridgehead atoms. The van der Waals surface area contributed by atoms with Crippen LogP contribution in [0.3, 0.4) is 0 Å². The van der Waals surface area contributed by atoms with Gasteiger partial charge in [-0.15, -0.1) is 0 Å². The minimum atomic E-state index is -1.05. The fraction of sp³-hybridized carbons (Fsp3) is 0.323. The number of anilines is 2. The number of nitrogens with zero attached hydrogens (tertiary/aromatic N) is 1. The van der Waals surface area contributed by atoms with Gasteiger partial charge in [0.05, 0.1) is 5.56 Å². The van der Waals surface area contributed by atoms with Crippen LogP contribution in [0.5, 0.6) is 0 Å². The van der Waals surface area contributed by atoms with Crippen LogP contribution in [-0.4, -0.2) is 39.8 Å². The Bertz CT molecular complexity index is 1610. The van der Waals surface area contributed by atoms with E-state index in [0.29, 0.717) is 22.0 Å². The third-order valence-electron chi connectivity index (χ3n) is 7.72. The minimum Gasteiger partial charge on any atom is -0.454 e. The van der Waals surface area contributed by atoms with E-state index in [2.05, 4.69) is 37.2 Å². The molecule has 3 aromatic rings. The molecule has 12 heteroatoms. The number of pyridine rings is 1. The van der Waals surface area contributed by atoms with Gasteiger partial charge in [0.25, 0.3) is 11.5 Å². The lowest BCUT2D eigenvalue weighted by atomic mass is 9.50. The molecule has 3 saturated carbocycles. The predicted molar refractivity (Wildman–Crippen MR) is 163 cm³/mol. The average Bonchev–Trinajstić information content (AvgIpc) is 3.27. The second-order valence-corrected chi connectivity index (χ2v) is 11.8. The number of hydrogen-bond acceptors (Lipinski definition) is 6. The number of carbonyl (C=O) groups excluding carboxylic acids is 4. The van der Waals surface area contributed by atoms with E-state index in [-0.39, 0.29) is 48.0 Å². The zero-order chi connectivity index (χ0) is 30.6. The van der Waals surface area contributed by atoms with E-state index in [1.165, 1.54) is 29.0 Å². The molecule has 11 nitrogen and oxygen atoms in total.